The first-order chi connectivity index (χ1) is 8.64. The van der Waals surface area contributed by atoms with Crippen LogP contribution in [0.2, 0.25) is 0 Å². The summed E-state index contributed by atoms with van der Waals surface area (Å²) in [6, 6.07) is 6.04. The highest BCUT2D eigenvalue weighted by Gasteiger charge is 2.22. The van der Waals surface area contributed by atoms with E-state index in [4.69, 9.17) is 0 Å². The third-order valence-electron chi connectivity index (χ3n) is 2.04. The molecule has 0 unspecified atom stereocenters. The Morgan fingerprint density at radius 2 is 1.95 bits per heavy atom. The minimum atomic E-state index is -3.61. The maximum atomic E-state index is 12.1. The maximum Gasteiger partial charge on any atom is 0.247 e. The summed E-state index contributed by atoms with van der Waals surface area (Å²) in [4.78, 5) is 11.3. The lowest BCUT2D eigenvalue weighted by Crippen LogP contribution is -2.40. The smallest absolute Gasteiger partial charge is 0.247 e. The van der Waals surface area contributed by atoms with E-state index in [9.17, 15) is 13.2 Å². The van der Waals surface area contributed by atoms with E-state index in [-0.39, 0.29) is 4.90 Å². The van der Waals surface area contributed by atoms with Crippen LogP contribution in [0.5, 0.6) is 0 Å². The number of carbonyl (C=O) groups excluding carboxylic acids is 1. The molecule has 0 spiro atoms. The molecule has 1 rings (SSSR count). The highest BCUT2D eigenvalue weighted by atomic mass is 32.2. The molecule has 0 fully saturated rings. The van der Waals surface area contributed by atoms with Gasteiger partial charge in [0.05, 0.1) is 4.90 Å². The van der Waals surface area contributed by atoms with E-state index in [1.54, 1.807) is 32.9 Å². The Morgan fingerprint density at radius 3 is 2.47 bits per heavy atom. The molecule has 0 aliphatic rings. The van der Waals surface area contributed by atoms with Gasteiger partial charge in [-0.05, 0) is 45.0 Å². The lowest BCUT2D eigenvalue weighted by molar-refractivity contribution is -0.111. The van der Waals surface area contributed by atoms with E-state index in [0.29, 0.717) is 5.69 Å². The van der Waals surface area contributed by atoms with Gasteiger partial charge in [-0.1, -0.05) is 12.6 Å². The van der Waals surface area contributed by atoms with Gasteiger partial charge in [0.2, 0.25) is 15.9 Å². The monoisotopic (exact) mass is 282 g/mol. The first-order valence-electron chi connectivity index (χ1n) is 5.71. The summed E-state index contributed by atoms with van der Waals surface area (Å²) in [6.07, 6.45) is 1.12. The third-order valence-corrected chi connectivity index (χ3v) is 3.79. The summed E-state index contributed by atoms with van der Waals surface area (Å²) in [5.41, 5.74) is -0.166. The highest BCUT2D eigenvalue weighted by molar-refractivity contribution is 7.89. The molecule has 5 nitrogen and oxygen atoms in total. The molecule has 0 atom stereocenters. The van der Waals surface area contributed by atoms with E-state index >= 15 is 0 Å². The minimum absolute atomic E-state index is 0.101. The normalized spacial score (nSPS) is 11.9. The molecule has 104 valence electrons. The topological polar surface area (TPSA) is 75.3 Å². The lowest BCUT2D eigenvalue weighted by Gasteiger charge is -2.20. The average Bonchev–Trinajstić information content (AvgIpc) is 2.26. The van der Waals surface area contributed by atoms with Gasteiger partial charge < -0.3 is 5.32 Å². The van der Waals surface area contributed by atoms with Gasteiger partial charge in [0.15, 0.2) is 0 Å². The number of amides is 1. The minimum Gasteiger partial charge on any atom is -0.322 e. The number of hydrogen-bond donors (Lipinski definition) is 2. The molecule has 0 saturated heterocycles. The molecule has 2 N–H and O–H groups in total. The Morgan fingerprint density at radius 1 is 1.32 bits per heavy atom. The molecule has 0 aliphatic carbocycles. The van der Waals surface area contributed by atoms with Crippen LogP contribution < -0.4 is 10.0 Å². The summed E-state index contributed by atoms with van der Waals surface area (Å²) in [6.45, 7) is 8.61. The zero-order valence-corrected chi connectivity index (χ0v) is 12.0. The number of hydrogen-bond acceptors (Lipinski definition) is 3. The fourth-order valence-corrected chi connectivity index (χ4v) is 2.86. The number of anilines is 1. The fraction of sp³-hybridized carbons (Fsp3) is 0.308. The molecule has 0 aliphatic heterocycles. The van der Waals surface area contributed by atoms with Crippen LogP contribution >= 0.6 is 0 Å². The first kappa shape index (κ1) is 15.4. The van der Waals surface area contributed by atoms with Crippen molar-refractivity contribution in [1.29, 1.82) is 0 Å². The van der Waals surface area contributed by atoms with Gasteiger partial charge in [-0.15, -0.1) is 0 Å². The zero-order valence-electron chi connectivity index (χ0n) is 11.2. The molecule has 6 heteroatoms. The summed E-state index contributed by atoms with van der Waals surface area (Å²) < 4.78 is 26.8. The molecule has 0 aromatic heterocycles. The van der Waals surface area contributed by atoms with Crippen LogP contribution in [0.4, 0.5) is 5.69 Å². The average molecular weight is 282 g/mol. The summed E-state index contributed by atoms with van der Waals surface area (Å²) >= 11 is 0. The predicted molar refractivity (Wildman–Crippen MR) is 75.3 cm³/mol. The summed E-state index contributed by atoms with van der Waals surface area (Å²) in [7, 11) is -3.61. The molecule has 0 heterocycles. The molecule has 1 aromatic rings. The largest absolute Gasteiger partial charge is 0.322 e. The molecular formula is C13H18N2O3S. The van der Waals surface area contributed by atoms with E-state index in [1.165, 1.54) is 12.1 Å². The molecule has 0 bridgehead atoms. The van der Waals surface area contributed by atoms with Crippen LogP contribution in [0.25, 0.3) is 0 Å². The van der Waals surface area contributed by atoms with Crippen molar-refractivity contribution >= 4 is 21.6 Å². The van der Waals surface area contributed by atoms with Crippen LogP contribution in [0.3, 0.4) is 0 Å². The van der Waals surface area contributed by atoms with Crippen molar-refractivity contribution < 1.29 is 13.2 Å². The quantitative estimate of drug-likeness (QED) is 0.828. The lowest BCUT2D eigenvalue weighted by atomic mass is 10.1. The number of benzene rings is 1. The maximum absolute atomic E-state index is 12.1. The number of carbonyl (C=O) groups is 1. The highest BCUT2D eigenvalue weighted by Crippen LogP contribution is 2.17. The Labute approximate surface area is 113 Å². The molecule has 1 amide bonds. The number of rotatable bonds is 4. The van der Waals surface area contributed by atoms with Crippen molar-refractivity contribution in [3.63, 3.8) is 0 Å². The van der Waals surface area contributed by atoms with E-state index in [2.05, 4.69) is 16.6 Å². The van der Waals surface area contributed by atoms with Crippen LogP contribution in [0.1, 0.15) is 20.8 Å². The Bertz CT molecular complexity index is 586. The molecular weight excluding hydrogens is 264 g/mol. The van der Waals surface area contributed by atoms with Gasteiger partial charge in [0.1, 0.15) is 0 Å². The fourth-order valence-electron chi connectivity index (χ4n) is 1.40. The number of sulfonamides is 1. The van der Waals surface area contributed by atoms with Crippen molar-refractivity contribution in [3.8, 4) is 0 Å². The van der Waals surface area contributed by atoms with Gasteiger partial charge in [-0.3, -0.25) is 4.79 Å². The Kier molecular flexibility index (Phi) is 4.49. The first-order valence-corrected chi connectivity index (χ1v) is 7.20. The predicted octanol–water partition coefficient (Wildman–Crippen LogP) is 1.89. The molecule has 1 aromatic carbocycles. The van der Waals surface area contributed by atoms with Crippen LogP contribution in [-0.2, 0) is 14.8 Å². The van der Waals surface area contributed by atoms with Crippen LogP contribution in [0, 0.1) is 0 Å². The number of nitrogens with one attached hydrogen (secondary N) is 2. The van der Waals surface area contributed by atoms with Gasteiger partial charge in [0.25, 0.3) is 0 Å². The molecule has 0 radical (unpaired) electrons. The van der Waals surface area contributed by atoms with Crippen molar-refractivity contribution in [3.05, 3.63) is 36.9 Å². The Hall–Kier alpha value is -1.66. The third kappa shape index (κ3) is 4.84. The van der Waals surface area contributed by atoms with Crippen molar-refractivity contribution in [2.75, 3.05) is 5.32 Å². The van der Waals surface area contributed by atoms with Crippen LogP contribution in [-0.4, -0.2) is 19.9 Å². The second kappa shape index (κ2) is 5.54. The summed E-state index contributed by atoms with van der Waals surface area (Å²) in [5, 5.41) is 2.52. The standard InChI is InChI=1S/C13H18N2O3S/c1-5-12(16)14-10-7-6-8-11(9-10)19(17,18)15-13(2,3)4/h5-9,15H,1H2,2-4H3,(H,14,16). The molecule has 19 heavy (non-hydrogen) atoms. The van der Waals surface area contributed by atoms with Crippen molar-refractivity contribution in [2.24, 2.45) is 0 Å². The Balaban J connectivity index is 3.05. The second-order valence-corrected chi connectivity index (χ2v) is 6.76. The molecule has 0 saturated carbocycles. The van der Waals surface area contributed by atoms with Gasteiger partial charge in [0, 0.05) is 11.2 Å². The van der Waals surface area contributed by atoms with E-state index in [1.807, 2.05) is 0 Å². The zero-order chi connectivity index (χ0) is 14.7. The van der Waals surface area contributed by atoms with Gasteiger partial charge in [-0.2, -0.15) is 0 Å². The van der Waals surface area contributed by atoms with Crippen molar-refractivity contribution in [2.45, 2.75) is 31.2 Å². The van der Waals surface area contributed by atoms with Gasteiger partial charge >= 0.3 is 0 Å². The summed E-state index contributed by atoms with van der Waals surface area (Å²) in [5.74, 6) is -0.390. The van der Waals surface area contributed by atoms with Crippen molar-refractivity contribution in [1.82, 2.24) is 4.72 Å². The van der Waals surface area contributed by atoms with Crippen LogP contribution in [0.15, 0.2) is 41.8 Å². The SMILES string of the molecule is C=CC(=O)Nc1cccc(S(=O)(=O)NC(C)(C)C)c1. The second-order valence-electron chi connectivity index (χ2n) is 5.08. The van der Waals surface area contributed by atoms with E-state index in [0.717, 1.165) is 6.08 Å². The van der Waals surface area contributed by atoms with Gasteiger partial charge in [-0.25, -0.2) is 13.1 Å². The van der Waals surface area contributed by atoms with E-state index < -0.39 is 21.5 Å².